The maximum atomic E-state index is 12.7. The van der Waals surface area contributed by atoms with Crippen LogP contribution in [0.15, 0.2) is 18.2 Å². The van der Waals surface area contributed by atoms with Crippen LogP contribution in [-0.4, -0.2) is 22.5 Å². The lowest BCUT2D eigenvalue weighted by Crippen LogP contribution is -2.13. The van der Waals surface area contributed by atoms with E-state index in [1.807, 2.05) is 0 Å². The molecule has 0 aliphatic heterocycles. The molecule has 0 radical (unpaired) electrons. The first-order valence-electron chi connectivity index (χ1n) is 5.03. The third kappa shape index (κ3) is 4.12. The van der Waals surface area contributed by atoms with E-state index in [1.165, 1.54) is 0 Å². The molecule has 0 fully saturated rings. The molecule has 0 atom stereocenters. The van der Waals surface area contributed by atoms with Crippen molar-refractivity contribution >= 4 is 17.3 Å². The van der Waals surface area contributed by atoms with Crippen molar-refractivity contribution in [3.8, 4) is 0 Å². The Balaban J connectivity index is 3.03. The van der Waals surface area contributed by atoms with Gasteiger partial charge in [0.05, 0.1) is 16.9 Å². The minimum absolute atomic E-state index is 0.212. The zero-order valence-corrected chi connectivity index (χ0v) is 9.40. The summed E-state index contributed by atoms with van der Waals surface area (Å²) in [6.45, 7) is -0.212. The number of carbonyl (C=O) groups is 1. The van der Waals surface area contributed by atoms with Gasteiger partial charge in [-0.1, -0.05) is 0 Å². The maximum Gasteiger partial charge on any atom is 0.418 e. The van der Waals surface area contributed by atoms with Crippen molar-refractivity contribution in [2.24, 2.45) is 0 Å². The number of non-ortho nitro benzene ring substituents is 1. The lowest BCUT2D eigenvalue weighted by Gasteiger charge is -2.13. The van der Waals surface area contributed by atoms with E-state index in [-0.39, 0.29) is 18.7 Å². The smallest absolute Gasteiger partial charge is 0.418 e. The first-order valence-corrected chi connectivity index (χ1v) is 5.03. The number of nitrogens with one attached hydrogen (secondary N) is 1. The normalized spacial score (nSPS) is 11.1. The molecule has 104 valence electrons. The second kappa shape index (κ2) is 5.55. The van der Waals surface area contributed by atoms with E-state index < -0.39 is 28.3 Å². The molecule has 0 aliphatic rings. The van der Waals surface area contributed by atoms with Gasteiger partial charge in [0.1, 0.15) is 0 Å². The molecule has 1 rings (SSSR count). The highest BCUT2D eigenvalue weighted by Gasteiger charge is 2.35. The highest BCUT2D eigenvalue weighted by molar-refractivity contribution is 5.68. The number of carboxylic acids is 1. The van der Waals surface area contributed by atoms with E-state index in [1.54, 1.807) is 0 Å². The monoisotopic (exact) mass is 278 g/mol. The molecule has 1 aromatic carbocycles. The van der Waals surface area contributed by atoms with Gasteiger partial charge in [0.2, 0.25) is 0 Å². The number of hydrogen-bond donors (Lipinski definition) is 2. The summed E-state index contributed by atoms with van der Waals surface area (Å²) < 4.78 is 38.1. The highest BCUT2D eigenvalue weighted by atomic mass is 19.4. The van der Waals surface area contributed by atoms with Crippen LogP contribution >= 0.6 is 0 Å². The van der Waals surface area contributed by atoms with Crippen molar-refractivity contribution < 1.29 is 28.0 Å². The molecule has 0 aromatic heterocycles. The lowest BCUT2D eigenvalue weighted by molar-refractivity contribution is -0.385. The molecule has 0 spiro atoms. The average Bonchev–Trinajstić information content (AvgIpc) is 2.27. The Kier molecular flexibility index (Phi) is 4.30. The molecule has 0 saturated carbocycles. The molecule has 9 heteroatoms. The van der Waals surface area contributed by atoms with Crippen LogP contribution in [0.5, 0.6) is 0 Å². The Morgan fingerprint density at radius 3 is 2.53 bits per heavy atom. The summed E-state index contributed by atoms with van der Waals surface area (Å²) in [6.07, 6.45) is -5.13. The van der Waals surface area contributed by atoms with Gasteiger partial charge in [-0.15, -0.1) is 0 Å². The summed E-state index contributed by atoms with van der Waals surface area (Å²) in [4.78, 5) is 19.8. The van der Waals surface area contributed by atoms with Crippen molar-refractivity contribution in [3.63, 3.8) is 0 Å². The predicted molar refractivity (Wildman–Crippen MR) is 58.8 cm³/mol. The summed E-state index contributed by atoms with van der Waals surface area (Å²) in [5.74, 6) is -1.16. The number of alkyl halides is 3. The van der Waals surface area contributed by atoms with Gasteiger partial charge in [0.15, 0.2) is 0 Å². The Morgan fingerprint density at radius 2 is 2.05 bits per heavy atom. The van der Waals surface area contributed by atoms with Crippen molar-refractivity contribution in [1.82, 2.24) is 0 Å². The number of anilines is 1. The van der Waals surface area contributed by atoms with E-state index in [2.05, 4.69) is 5.32 Å². The molecule has 0 heterocycles. The molecule has 0 unspecified atom stereocenters. The number of carboxylic acid groups (broad SMARTS) is 1. The average molecular weight is 278 g/mol. The van der Waals surface area contributed by atoms with E-state index in [0.717, 1.165) is 12.1 Å². The number of rotatable bonds is 5. The van der Waals surface area contributed by atoms with E-state index in [9.17, 15) is 28.1 Å². The van der Waals surface area contributed by atoms with Crippen LogP contribution in [0.1, 0.15) is 12.0 Å². The van der Waals surface area contributed by atoms with Crippen molar-refractivity contribution in [3.05, 3.63) is 33.9 Å². The molecular formula is C10H9F3N2O4. The van der Waals surface area contributed by atoms with Gasteiger partial charge < -0.3 is 10.4 Å². The van der Waals surface area contributed by atoms with Gasteiger partial charge in [0, 0.05) is 24.4 Å². The number of aliphatic carboxylic acids is 1. The van der Waals surface area contributed by atoms with E-state index >= 15 is 0 Å². The summed E-state index contributed by atoms with van der Waals surface area (Å²) in [5.41, 5.74) is -2.28. The second-order valence-electron chi connectivity index (χ2n) is 3.56. The fraction of sp³-hybridized carbons (Fsp3) is 0.300. The molecule has 0 amide bonds. The van der Waals surface area contributed by atoms with Crippen molar-refractivity contribution in [1.29, 1.82) is 0 Å². The number of halogens is 3. The molecular weight excluding hydrogens is 269 g/mol. The van der Waals surface area contributed by atoms with Crippen LogP contribution in [0, 0.1) is 10.1 Å². The van der Waals surface area contributed by atoms with Gasteiger partial charge in [-0.3, -0.25) is 14.9 Å². The Morgan fingerprint density at radius 1 is 1.42 bits per heavy atom. The second-order valence-corrected chi connectivity index (χ2v) is 3.56. The summed E-state index contributed by atoms with van der Waals surface area (Å²) in [7, 11) is 0. The lowest BCUT2D eigenvalue weighted by atomic mass is 10.1. The van der Waals surface area contributed by atoms with Gasteiger partial charge in [-0.25, -0.2) is 0 Å². The van der Waals surface area contributed by atoms with Crippen molar-refractivity contribution in [2.75, 3.05) is 11.9 Å². The Labute approximate surface area is 105 Å². The van der Waals surface area contributed by atoms with Crippen LogP contribution in [0.25, 0.3) is 0 Å². The fourth-order valence-electron chi connectivity index (χ4n) is 1.34. The fourth-order valence-corrected chi connectivity index (χ4v) is 1.34. The van der Waals surface area contributed by atoms with Gasteiger partial charge >= 0.3 is 12.1 Å². The van der Waals surface area contributed by atoms with E-state index in [0.29, 0.717) is 6.07 Å². The van der Waals surface area contributed by atoms with Gasteiger partial charge in [-0.05, 0) is 6.07 Å². The predicted octanol–water partition coefficient (Wildman–Crippen LogP) is 2.50. The van der Waals surface area contributed by atoms with Crippen LogP contribution in [0.4, 0.5) is 24.5 Å². The summed E-state index contributed by atoms with van der Waals surface area (Å²) in [6, 6.07) is 2.23. The molecule has 0 aliphatic carbocycles. The Bertz CT molecular complexity index is 502. The number of hydrogen-bond acceptors (Lipinski definition) is 4. The largest absolute Gasteiger partial charge is 0.481 e. The first kappa shape index (κ1) is 14.7. The minimum Gasteiger partial charge on any atom is -0.481 e. The standard InChI is InChI=1S/C10H9F3N2O4/c11-10(12,13)7-5-6(15(18)19)1-2-8(7)14-4-3-9(16)17/h1-2,5,14H,3-4H2,(H,16,17). The molecule has 19 heavy (non-hydrogen) atoms. The van der Waals surface area contributed by atoms with Gasteiger partial charge in [0.25, 0.3) is 5.69 Å². The number of nitro groups is 1. The molecule has 0 bridgehead atoms. The minimum atomic E-state index is -4.77. The SMILES string of the molecule is O=C(O)CCNc1ccc([N+](=O)[O-])cc1C(F)(F)F. The number of nitro benzene ring substituents is 1. The highest BCUT2D eigenvalue weighted by Crippen LogP contribution is 2.36. The quantitative estimate of drug-likeness (QED) is 0.637. The molecule has 2 N–H and O–H groups in total. The first-order chi connectivity index (χ1) is 8.71. The van der Waals surface area contributed by atoms with Gasteiger partial charge in [-0.2, -0.15) is 13.2 Å². The zero-order valence-electron chi connectivity index (χ0n) is 9.40. The van der Waals surface area contributed by atoms with E-state index in [4.69, 9.17) is 5.11 Å². The summed E-state index contributed by atoms with van der Waals surface area (Å²) >= 11 is 0. The molecule has 6 nitrogen and oxygen atoms in total. The van der Waals surface area contributed by atoms with Crippen molar-refractivity contribution in [2.45, 2.75) is 12.6 Å². The summed E-state index contributed by atoms with van der Waals surface area (Å²) in [5, 5.41) is 21.1. The Hall–Kier alpha value is -2.32. The van der Waals surface area contributed by atoms with Crippen LogP contribution in [0.3, 0.4) is 0 Å². The van der Waals surface area contributed by atoms with Crippen LogP contribution < -0.4 is 5.32 Å². The topological polar surface area (TPSA) is 92.5 Å². The van der Waals surface area contributed by atoms with Crippen LogP contribution in [-0.2, 0) is 11.0 Å². The van der Waals surface area contributed by atoms with Crippen LogP contribution in [0.2, 0.25) is 0 Å². The number of nitrogens with zero attached hydrogens (tertiary/aromatic N) is 1. The molecule has 0 saturated heterocycles. The maximum absolute atomic E-state index is 12.7. The third-order valence-electron chi connectivity index (χ3n) is 2.17. The molecule has 1 aromatic rings. The third-order valence-corrected chi connectivity index (χ3v) is 2.17. The number of benzene rings is 1. The zero-order chi connectivity index (χ0) is 14.6.